The van der Waals surface area contributed by atoms with E-state index >= 15 is 0 Å². The molecule has 108 valence electrons. The number of ether oxygens (including phenoxy) is 1. The lowest BCUT2D eigenvalue weighted by atomic mass is 10.2. The standard InChI is InChI=1S/C11H14F2N2O2S.ClH/c12-11(13)17-8-3-4-18-9(8)10(16)15-7(5-14)6-1-2-6;/h3-4,6-7,11H,1-2,5,14H2,(H,15,16);1H. The molecule has 1 saturated carbocycles. The van der Waals surface area contributed by atoms with Crippen LogP contribution >= 0.6 is 23.7 Å². The van der Waals surface area contributed by atoms with Gasteiger partial charge in [0.25, 0.3) is 5.91 Å². The maximum Gasteiger partial charge on any atom is 0.387 e. The number of hydrogen-bond acceptors (Lipinski definition) is 4. The summed E-state index contributed by atoms with van der Waals surface area (Å²) >= 11 is 1.07. The van der Waals surface area contributed by atoms with Crippen LogP contribution in [0.4, 0.5) is 8.78 Å². The molecular formula is C11H15ClF2N2O2S. The first-order valence-electron chi connectivity index (χ1n) is 5.65. The van der Waals surface area contributed by atoms with Crippen molar-refractivity contribution in [2.24, 2.45) is 11.7 Å². The van der Waals surface area contributed by atoms with Crippen LogP contribution in [-0.4, -0.2) is 25.1 Å². The lowest BCUT2D eigenvalue weighted by Crippen LogP contribution is -2.41. The Labute approximate surface area is 119 Å². The third kappa shape index (κ3) is 4.29. The van der Waals surface area contributed by atoms with Gasteiger partial charge in [-0.2, -0.15) is 8.78 Å². The Balaban J connectivity index is 0.00000180. The highest BCUT2D eigenvalue weighted by Crippen LogP contribution is 2.33. The van der Waals surface area contributed by atoms with Crippen LogP contribution in [0.15, 0.2) is 11.4 Å². The summed E-state index contributed by atoms with van der Waals surface area (Å²) < 4.78 is 28.6. The fourth-order valence-electron chi connectivity index (χ4n) is 1.75. The van der Waals surface area contributed by atoms with Crippen LogP contribution in [0.2, 0.25) is 0 Å². The van der Waals surface area contributed by atoms with Gasteiger partial charge in [0.05, 0.1) is 0 Å². The lowest BCUT2D eigenvalue weighted by Gasteiger charge is -2.15. The van der Waals surface area contributed by atoms with Crippen molar-refractivity contribution in [2.75, 3.05) is 6.54 Å². The van der Waals surface area contributed by atoms with Crippen molar-refractivity contribution in [2.45, 2.75) is 25.5 Å². The summed E-state index contributed by atoms with van der Waals surface area (Å²) in [6.45, 7) is -2.58. The summed E-state index contributed by atoms with van der Waals surface area (Å²) in [5.74, 6) is -0.0690. The molecule has 2 rings (SSSR count). The lowest BCUT2D eigenvalue weighted by molar-refractivity contribution is -0.0498. The highest BCUT2D eigenvalue weighted by molar-refractivity contribution is 7.12. The zero-order valence-electron chi connectivity index (χ0n) is 9.97. The normalized spacial score (nSPS) is 15.8. The Morgan fingerprint density at radius 3 is 2.79 bits per heavy atom. The fraction of sp³-hybridized carbons (Fsp3) is 0.545. The molecule has 1 amide bonds. The van der Waals surface area contributed by atoms with E-state index in [1.807, 2.05) is 0 Å². The topological polar surface area (TPSA) is 64.3 Å². The van der Waals surface area contributed by atoms with Gasteiger partial charge in [-0.3, -0.25) is 4.79 Å². The van der Waals surface area contributed by atoms with E-state index in [9.17, 15) is 13.6 Å². The van der Waals surface area contributed by atoms with Crippen LogP contribution in [0.25, 0.3) is 0 Å². The van der Waals surface area contributed by atoms with Gasteiger partial charge in [0.1, 0.15) is 10.6 Å². The zero-order valence-corrected chi connectivity index (χ0v) is 11.6. The molecule has 19 heavy (non-hydrogen) atoms. The molecule has 1 aliphatic rings. The minimum absolute atomic E-state index is 0. The van der Waals surface area contributed by atoms with Crippen molar-refractivity contribution in [3.63, 3.8) is 0 Å². The number of carbonyl (C=O) groups is 1. The van der Waals surface area contributed by atoms with E-state index < -0.39 is 12.5 Å². The third-order valence-corrected chi connectivity index (χ3v) is 3.71. The van der Waals surface area contributed by atoms with Crippen molar-refractivity contribution in [1.29, 1.82) is 0 Å². The first-order chi connectivity index (χ1) is 8.61. The van der Waals surface area contributed by atoms with E-state index in [4.69, 9.17) is 5.73 Å². The smallest absolute Gasteiger partial charge is 0.387 e. The van der Waals surface area contributed by atoms with Crippen LogP contribution in [0.3, 0.4) is 0 Å². The molecule has 4 nitrogen and oxygen atoms in total. The van der Waals surface area contributed by atoms with Gasteiger partial charge in [-0.1, -0.05) is 0 Å². The summed E-state index contributed by atoms with van der Waals surface area (Å²) in [5, 5.41) is 4.31. The number of alkyl halides is 2. The predicted molar refractivity (Wildman–Crippen MR) is 71.2 cm³/mol. The number of carbonyl (C=O) groups excluding carboxylic acids is 1. The molecule has 1 aromatic rings. The van der Waals surface area contributed by atoms with E-state index in [2.05, 4.69) is 10.1 Å². The summed E-state index contributed by atoms with van der Waals surface area (Å²) in [5.41, 5.74) is 5.57. The van der Waals surface area contributed by atoms with Gasteiger partial charge in [0.15, 0.2) is 0 Å². The van der Waals surface area contributed by atoms with Crippen molar-refractivity contribution in [1.82, 2.24) is 5.32 Å². The average molecular weight is 313 g/mol. The maximum absolute atomic E-state index is 12.1. The number of nitrogens with two attached hydrogens (primary N) is 1. The van der Waals surface area contributed by atoms with Crippen LogP contribution < -0.4 is 15.8 Å². The van der Waals surface area contributed by atoms with Gasteiger partial charge in [0.2, 0.25) is 0 Å². The molecule has 0 bridgehead atoms. The molecule has 1 heterocycles. The second-order valence-electron chi connectivity index (χ2n) is 4.15. The summed E-state index contributed by atoms with van der Waals surface area (Å²) in [7, 11) is 0. The Morgan fingerprint density at radius 1 is 1.58 bits per heavy atom. The van der Waals surface area contributed by atoms with E-state index in [-0.39, 0.29) is 29.1 Å². The number of amides is 1. The minimum atomic E-state index is -2.93. The van der Waals surface area contributed by atoms with E-state index in [0.29, 0.717) is 12.5 Å². The first kappa shape index (κ1) is 16.1. The molecule has 1 atom stereocenters. The molecule has 0 radical (unpaired) electrons. The molecule has 1 aliphatic carbocycles. The van der Waals surface area contributed by atoms with Gasteiger partial charge in [-0.15, -0.1) is 23.7 Å². The Morgan fingerprint density at radius 2 is 2.26 bits per heavy atom. The number of rotatable bonds is 6. The Kier molecular flexibility index (Phi) is 5.96. The number of nitrogens with one attached hydrogen (secondary N) is 1. The molecule has 1 fully saturated rings. The van der Waals surface area contributed by atoms with Gasteiger partial charge in [0, 0.05) is 12.6 Å². The first-order valence-corrected chi connectivity index (χ1v) is 6.53. The van der Waals surface area contributed by atoms with Crippen molar-refractivity contribution >= 4 is 29.7 Å². The van der Waals surface area contributed by atoms with Crippen LogP contribution in [0.1, 0.15) is 22.5 Å². The van der Waals surface area contributed by atoms with E-state index in [1.165, 1.54) is 6.07 Å². The average Bonchev–Trinajstić information content (AvgIpc) is 3.06. The number of halogens is 3. The quantitative estimate of drug-likeness (QED) is 0.846. The molecule has 0 saturated heterocycles. The number of hydrogen-bond donors (Lipinski definition) is 2. The molecule has 0 spiro atoms. The molecule has 3 N–H and O–H groups in total. The van der Waals surface area contributed by atoms with E-state index in [1.54, 1.807) is 5.38 Å². The summed E-state index contributed by atoms with van der Waals surface area (Å²) in [4.78, 5) is 12.1. The second-order valence-corrected chi connectivity index (χ2v) is 5.06. The minimum Gasteiger partial charge on any atom is -0.433 e. The maximum atomic E-state index is 12.1. The summed E-state index contributed by atoms with van der Waals surface area (Å²) in [6.07, 6.45) is 2.10. The molecule has 0 aliphatic heterocycles. The monoisotopic (exact) mass is 312 g/mol. The summed E-state index contributed by atoms with van der Waals surface area (Å²) in [6, 6.07) is 1.28. The molecule has 0 aromatic carbocycles. The Bertz CT molecular complexity index is 427. The molecule has 1 unspecified atom stereocenters. The van der Waals surface area contributed by atoms with Gasteiger partial charge < -0.3 is 15.8 Å². The zero-order chi connectivity index (χ0) is 13.1. The van der Waals surface area contributed by atoms with Crippen molar-refractivity contribution in [3.8, 4) is 5.75 Å². The second kappa shape index (κ2) is 7.02. The SMILES string of the molecule is Cl.NCC(NC(=O)c1sccc1OC(F)F)C1CC1. The van der Waals surface area contributed by atoms with Crippen LogP contribution in [0.5, 0.6) is 5.75 Å². The van der Waals surface area contributed by atoms with Crippen molar-refractivity contribution < 1.29 is 18.3 Å². The molecular weight excluding hydrogens is 298 g/mol. The Hall–Kier alpha value is -0.920. The van der Waals surface area contributed by atoms with Gasteiger partial charge in [-0.25, -0.2) is 0 Å². The fourth-order valence-corrected chi connectivity index (χ4v) is 2.48. The largest absolute Gasteiger partial charge is 0.433 e. The van der Waals surface area contributed by atoms with Crippen LogP contribution in [0, 0.1) is 5.92 Å². The van der Waals surface area contributed by atoms with Crippen molar-refractivity contribution in [3.05, 3.63) is 16.3 Å². The van der Waals surface area contributed by atoms with Gasteiger partial charge in [-0.05, 0) is 30.2 Å². The third-order valence-electron chi connectivity index (χ3n) is 2.81. The highest BCUT2D eigenvalue weighted by atomic mass is 35.5. The highest BCUT2D eigenvalue weighted by Gasteiger charge is 2.32. The number of thiophene rings is 1. The van der Waals surface area contributed by atoms with Gasteiger partial charge >= 0.3 is 6.61 Å². The molecule has 1 aromatic heterocycles. The molecule has 8 heteroatoms. The van der Waals surface area contributed by atoms with E-state index in [0.717, 1.165) is 24.2 Å². The predicted octanol–water partition coefficient (Wildman–Crippen LogP) is 2.24. The van der Waals surface area contributed by atoms with Crippen LogP contribution in [-0.2, 0) is 0 Å².